The van der Waals surface area contributed by atoms with E-state index in [0.717, 1.165) is 43.0 Å². The van der Waals surface area contributed by atoms with E-state index < -0.39 is 6.04 Å². The number of aryl methyl sites for hydroxylation is 1. The highest BCUT2D eigenvalue weighted by atomic mass is 16.2. The van der Waals surface area contributed by atoms with Crippen molar-refractivity contribution in [1.29, 1.82) is 0 Å². The van der Waals surface area contributed by atoms with Crippen LogP contribution in [0.5, 0.6) is 0 Å². The molecule has 0 bridgehead atoms. The lowest BCUT2D eigenvalue weighted by atomic mass is 9.92. The summed E-state index contributed by atoms with van der Waals surface area (Å²) >= 11 is 0. The molecule has 1 unspecified atom stereocenters. The third-order valence-electron chi connectivity index (χ3n) is 6.97. The largest absolute Gasteiger partial charge is 0.380 e. The van der Waals surface area contributed by atoms with Crippen LogP contribution in [-0.4, -0.2) is 35.2 Å². The predicted octanol–water partition coefficient (Wildman–Crippen LogP) is 5.12. The minimum Gasteiger partial charge on any atom is -0.380 e. The first-order chi connectivity index (χ1) is 16.2. The molecular weight excluding hydrogens is 410 g/mol. The number of unbranched alkanes of at least 4 members (excludes halogenated alkanes) is 1. The molecule has 2 N–H and O–H groups in total. The maximum absolute atomic E-state index is 12.8. The Morgan fingerprint density at radius 2 is 1.67 bits per heavy atom. The SMILES string of the molecule is CCCCC(CNC1C(=O)c2ccccc2C1=O)Nc1c2c(nc3ccccc13)CCCC2. The molecule has 1 aromatic heterocycles. The fourth-order valence-corrected chi connectivity index (χ4v) is 5.21. The van der Waals surface area contributed by atoms with E-state index in [1.807, 2.05) is 18.2 Å². The molecular formula is C28H31N3O2. The van der Waals surface area contributed by atoms with Crippen LogP contribution in [0.15, 0.2) is 48.5 Å². The molecule has 0 aliphatic heterocycles. The van der Waals surface area contributed by atoms with Crippen LogP contribution < -0.4 is 10.6 Å². The number of fused-ring (bicyclic) bond motifs is 3. The van der Waals surface area contributed by atoms with E-state index in [2.05, 4.69) is 35.8 Å². The van der Waals surface area contributed by atoms with Crippen molar-refractivity contribution in [3.8, 4) is 0 Å². The van der Waals surface area contributed by atoms with Crippen LogP contribution in [0.1, 0.15) is 71.0 Å². The van der Waals surface area contributed by atoms with Crippen molar-refractivity contribution in [2.45, 2.75) is 64.0 Å². The Balaban J connectivity index is 1.40. The van der Waals surface area contributed by atoms with Gasteiger partial charge >= 0.3 is 0 Å². The first-order valence-corrected chi connectivity index (χ1v) is 12.2. The Bertz CT molecular complexity index is 1170. The number of rotatable bonds is 8. The quantitative estimate of drug-likeness (QED) is 0.475. The first-order valence-electron chi connectivity index (χ1n) is 12.2. The van der Waals surface area contributed by atoms with Gasteiger partial charge in [0.25, 0.3) is 0 Å². The summed E-state index contributed by atoms with van der Waals surface area (Å²) in [6.45, 7) is 2.75. The number of Topliss-reactive ketones (excluding diaryl/α,β-unsaturated/α-hetero) is 2. The van der Waals surface area contributed by atoms with Gasteiger partial charge in [0.15, 0.2) is 11.6 Å². The van der Waals surface area contributed by atoms with Crippen molar-refractivity contribution in [1.82, 2.24) is 10.3 Å². The Morgan fingerprint density at radius 1 is 0.970 bits per heavy atom. The van der Waals surface area contributed by atoms with E-state index in [-0.39, 0.29) is 17.6 Å². The van der Waals surface area contributed by atoms with E-state index >= 15 is 0 Å². The molecule has 0 spiro atoms. The second-order valence-electron chi connectivity index (χ2n) is 9.24. The Kier molecular flexibility index (Phi) is 6.23. The predicted molar refractivity (Wildman–Crippen MR) is 132 cm³/mol. The van der Waals surface area contributed by atoms with Crippen molar-refractivity contribution in [2.75, 3.05) is 11.9 Å². The maximum atomic E-state index is 12.8. The van der Waals surface area contributed by atoms with Gasteiger partial charge in [-0.1, -0.05) is 62.2 Å². The number of benzene rings is 2. The normalized spacial score (nSPS) is 16.6. The third-order valence-corrected chi connectivity index (χ3v) is 6.97. The fourth-order valence-electron chi connectivity index (χ4n) is 5.21. The minimum absolute atomic E-state index is 0.114. The molecule has 0 radical (unpaired) electrons. The fraction of sp³-hybridized carbons (Fsp3) is 0.393. The van der Waals surface area contributed by atoms with Crippen LogP contribution in [0.2, 0.25) is 0 Å². The molecule has 0 saturated carbocycles. The highest BCUT2D eigenvalue weighted by molar-refractivity contribution is 6.29. The van der Waals surface area contributed by atoms with E-state index in [0.29, 0.717) is 17.7 Å². The summed E-state index contributed by atoms with van der Waals surface area (Å²) in [5, 5.41) is 8.30. The molecule has 33 heavy (non-hydrogen) atoms. The average Bonchev–Trinajstić information content (AvgIpc) is 3.10. The molecule has 2 aromatic carbocycles. The molecule has 2 aliphatic carbocycles. The van der Waals surface area contributed by atoms with Crippen LogP contribution in [0.3, 0.4) is 0 Å². The zero-order valence-corrected chi connectivity index (χ0v) is 19.2. The minimum atomic E-state index is -0.781. The van der Waals surface area contributed by atoms with Crippen LogP contribution in [0.25, 0.3) is 10.9 Å². The van der Waals surface area contributed by atoms with Crippen LogP contribution in [0.4, 0.5) is 5.69 Å². The number of carbonyl (C=O) groups excluding carboxylic acids is 2. The van der Waals surface area contributed by atoms with Gasteiger partial charge in [0, 0.05) is 40.5 Å². The summed E-state index contributed by atoms with van der Waals surface area (Å²) < 4.78 is 0. The molecule has 5 nitrogen and oxygen atoms in total. The molecule has 2 aliphatic rings. The third kappa shape index (κ3) is 4.18. The molecule has 5 rings (SSSR count). The number of nitrogens with zero attached hydrogens (tertiary/aromatic N) is 1. The number of hydrogen-bond donors (Lipinski definition) is 2. The van der Waals surface area contributed by atoms with Crippen molar-refractivity contribution in [3.05, 3.63) is 70.9 Å². The van der Waals surface area contributed by atoms with Gasteiger partial charge in [0.2, 0.25) is 0 Å². The molecule has 1 atom stereocenters. The molecule has 0 fully saturated rings. The Morgan fingerprint density at radius 3 is 2.42 bits per heavy atom. The summed E-state index contributed by atoms with van der Waals surface area (Å²) in [4.78, 5) is 30.6. The number of nitrogens with one attached hydrogen (secondary N) is 2. The standard InChI is InChI=1S/C28H31N3O2/c1-2-3-10-18(17-29-26-27(32)19-11-4-5-12-20(19)28(26)33)30-25-21-13-6-8-15-23(21)31-24-16-9-7-14-22(24)25/h4-6,8,11-13,15,18,26,29H,2-3,7,9-10,14,16-17H2,1H3,(H,30,31). The zero-order chi connectivity index (χ0) is 22.8. The van der Waals surface area contributed by atoms with Gasteiger partial charge in [-0.3, -0.25) is 19.9 Å². The van der Waals surface area contributed by atoms with E-state index in [1.165, 1.54) is 29.8 Å². The van der Waals surface area contributed by atoms with Crippen LogP contribution >= 0.6 is 0 Å². The highest BCUT2D eigenvalue weighted by Crippen LogP contribution is 2.34. The smallest absolute Gasteiger partial charge is 0.188 e. The van der Waals surface area contributed by atoms with Gasteiger partial charge in [0.05, 0.1) is 5.52 Å². The second kappa shape index (κ2) is 9.44. The Hall–Kier alpha value is -3.05. The number of carbonyl (C=O) groups is 2. The second-order valence-corrected chi connectivity index (χ2v) is 9.24. The van der Waals surface area contributed by atoms with Crippen molar-refractivity contribution >= 4 is 28.2 Å². The molecule has 170 valence electrons. The number of pyridine rings is 1. The van der Waals surface area contributed by atoms with Gasteiger partial charge in [-0.2, -0.15) is 0 Å². The van der Waals surface area contributed by atoms with Gasteiger partial charge in [0.1, 0.15) is 6.04 Å². The van der Waals surface area contributed by atoms with Crippen LogP contribution in [0, 0.1) is 0 Å². The van der Waals surface area contributed by atoms with Crippen molar-refractivity contribution in [2.24, 2.45) is 0 Å². The van der Waals surface area contributed by atoms with E-state index in [9.17, 15) is 9.59 Å². The van der Waals surface area contributed by atoms with Gasteiger partial charge in [-0.25, -0.2) is 0 Å². The number of hydrogen-bond acceptors (Lipinski definition) is 5. The summed E-state index contributed by atoms with van der Waals surface area (Å²) in [6.07, 6.45) is 7.58. The van der Waals surface area contributed by atoms with E-state index in [4.69, 9.17) is 4.98 Å². The van der Waals surface area contributed by atoms with Gasteiger partial charge in [-0.15, -0.1) is 0 Å². The lowest BCUT2D eigenvalue weighted by Crippen LogP contribution is -2.44. The zero-order valence-electron chi connectivity index (χ0n) is 19.2. The van der Waals surface area contributed by atoms with E-state index in [1.54, 1.807) is 12.1 Å². The van der Waals surface area contributed by atoms with Crippen molar-refractivity contribution in [3.63, 3.8) is 0 Å². The summed E-state index contributed by atoms with van der Waals surface area (Å²) in [5.74, 6) is -0.229. The highest BCUT2D eigenvalue weighted by Gasteiger charge is 2.38. The van der Waals surface area contributed by atoms with Crippen molar-refractivity contribution < 1.29 is 9.59 Å². The summed E-state index contributed by atoms with van der Waals surface area (Å²) in [7, 11) is 0. The van der Waals surface area contributed by atoms with Crippen LogP contribution in [-0.2, 0) is 12.8 Å². The molecule has 3 aromatic rings. The number of ketones is 2. The summed E-state index contributed by atoms with van der Waals surface area (Å²) in [6, 6.07) is 14.8. The summed E-state index contributed by atoms with van der Waals surface area (Å²) in [5.41, 5.74) is 5.83. The molecule has 0 amide bonds. The average molecular weight is 442 g/mol. The van der Waals surface area contributed by atoms with Gasteiger partial charge in [-0.05, 0) is 43.7 Å². The monoisotopic (exact) mass is 441 g/mol. The number of anilines is 1. The Labute approximate surface area is 195 Å². The molecule has 1 heterocycles. The topological polar surface area (TPSA) is 71.1 Å². The lowest BCUT2D eigenvalue weighted by molar-refractivity contribution is 0.0868. The molecule has 0 saturated heterocycles. The first kappa shape index (κ1) is 21.8. The molecule has 5 heteroatoms. The lowest BCUT2D eigenvalue weighted by Gasteiger charge is -2.27. The number of aromatic nitrogens is 1. The number of para-hydroxylation sites is 1. The van der Waals surface area contributed by atoms with Gasteiger partial charge < -0.3 is 5.32 Å². The maximum Gasteiger partial charge on any atom is 0.188 e.